The van der Waals surface area contributed by atoms with E-state index in [1.807, 2.05) is 29.4 Å². The number of allylic oxidation sites excluding steroid dienone is 2. The summed E-state index contributed by atoms with van der Waals surface area (Å²) in [5, 5.41) is 7.44. The average Bonchev–Trinajstić information content (AvgIpc) is 3.49. The van der Waals surface area contributed by atoms with Gasteiger partial charge in [0.1, 0.15) is 11.0 Å². The van der Waals surface area contributed by atoms with Gasteiger partial charge < -0.3 is 9.84 Å². The van der Waals surface area contributed by atoms with Gasteiger partial charge in [0.05, 0.1) is 6.20 Å². The fourth-order valence-corrected chi connectivity index (χ4v) is 4.59. The molecule has 34 heavy (non-hydrogen) atoms. The standard InChI is InChI=1S/C17H15N3O3S.C5H12.C5H10/c21-17(19-14-5-2-13-11-18-23-16(13)10-14)12-3-6-15(7-4-12)20-8-1-9-24(20)22;2*1-3-5-4-2/h2-7,10-11H,1,8-9H2,(H,19,21);3-5H2,1-2H3;3,5H,4H2,1-2H3/b;;5-3-. The van der Waals surface area contributed by atoms with Crippen molar-refractivity contribution in [2.75, 3.05) is 21.9 Å². The van der Waals surface area contributed by atoms with Crippen LogP contribution in [0.3, 0.4) is 0 Å². The summed E-state index contributed by atoms with van der Waals surface area (Å²) in [7, 11) is -0.953. The second-order valence-electron chi connectivity index (χ2n) is 7.89. The number of amides is 1. The van der Waals surface area contributed by atoms with E-state index in [1.165, 1.54) is 19.3 Å². The SMILES string of the molecule is C/C=C\CC.CCCCC.O=C(Nc1ccc2cnoc2c1)c1ccc(N2CCCS2=O)cc1. The molecule has 1 atom stereocenters. The van der Waals surface area contributed by atoms with Crippen molar-refractivity contribution in [3.8, 4) is 0 Å². The Labute approximate surface area is 206 Å². The lowest BCUT2D eigenvalue weighted by atomic mass is 10.2. The van der Waals surface area contributed by atoms with E-state index < -0.39 is 11.0 Å². The van der Waals surface area contributed by atoms with Gasteiger partial charge in [0, 0.05) is 40.7 Å². The van der Waals surface area contributed by atoms with Crippen LogP contribution in [0.1, 0.15) is 70.2 Å². The number of nitrogens with zero attached hydrogens (tertiary/aromatic N) is 2. The van der Waals surface area contributed by atoms with Gasteiger partial charge >= 0.3 is 0 Å². The van der Waals surface area contributed by atoms with Crippen LogP contribution in [-0.4, -0.2) is 27.6 Å². The van der Waals surface area contributed by atoms with Gasteiger partial charge in [-0.3, -0.25) is 9.10 Å². The minimum Gasteiger partial charge on any atom is -0.356 e. The van der Waals surface area contributed by atoms with Gasteiger partial charge in [0.2, 0.25) is 0 Å². The first-order valence-corrected chi connectivity index (χ1v) is 13.3. The molecular weight excluding hydrogens is 446 g/mol. The zero-order chi connectivity index (χ0) is 24.8. The summed E-state index contributed by atoms with van der Waals surface area (Å²) in [5.41, 5.74) is 2.69. The quantitative estimate of drug-likeness (QED) is 0.379. The second-order valence-corrected chi connectivity index (χ2v) is 9.38. The summed E-state index contributed by atoms with van der Waals surface area (Å²) in [6.07, 6.45) is 12.0. The summed E-state index contributed by atoms with van der Waals surface area (Å²) in [5.74, 6) is 0.495. The Balaban J connectivity index is 0.000000347. The van der Waals surface area contributed by atoms with Crippen molar-refractivity contribution < 1.29 is 13.5 Å². The van der Waals surface area contributed by atoms with Crippen LogP contribution >= 0.6 is 0 Å². The maximum Gasteiger partial charge on any atom is 0.255 e. The Bertz CT molecular complexity index is 1060. The van der Waals surface area contributed by atoms with E-state index in [2.05, 4.69) is 43.4 Å². The van der Waals surface area contributed by atoms with Crippen LogP contribution in [0.25, 0.3) is 11.0 Å². The third-order valence-electron chi connectivity index (χ3n) is 5.14. The highest BCUT2D eigenvalue weighted by Crippen LogP contribution is 2.23. The minimum absolute atomic E-state index is 0.206. The number of carbonyl (C=O) groups is 1. The third kappa shape index (κ3) is 8.45. The Morgan fingerprint density at radius 2 is 1.88 bits per heavy atom. The Kier molecular flexibility index (Phi) is 12.1. The highest BCUT2D eigenvalue weighted by atomic mass is 32.2. The molecule has 2 aromatic carbocycles. The number of rotatable bonds is 6. The zero-order valence-electron chi connectivity index (χ0n) is 20.8. The van der Waals surface area contributed by atoms with E-state index in [-0.39, 0.29) is 5.91 Å². The van der Waals surface area contributed by atoms with Crippen molar-refractivity contribution in [2.45, 2.75) is 59.8 Å². The molecule has 1 unspecified atom stereocenters. The molecule has 1 aliphatic rings. The van der Waals surface area contributed by atoms with Gasteiger partial charge in [0.15, 0.2) is 5.58 Å². The molecule has 1 amide bonds. The van der Waals surface area contributed by atoms with Gasteiger partial charge in [-0.15, -0.1) is 0 Å². The Morgan fingerprint density at radius 3 is 2.41 bits per heavy atom. The van der Waals surface area contributed by atoms with Crippen LogP contribution < -0.4 is 9.62 Å². The summed E-state index contributed by atoms with van der Waals surface area (Å²) in [4.78, 5) is 12.4. The molecule has 0 saturated carbocycles. The fourth-order valence-electron chi connectivity index (χ4n) is 3.30. The fraction of sp³-hybridized carbons (Fsp3) is 0.407. The number of anilines is 2. The van der Waals surface area contributed by atoms with Crippen molar-refractivity contribution in [3.05, 3.63) is 66.4 Å². The normalized spacial score (nSPS) is 14.9. The summed E-state index contributed by atoms with van der Waals surface area (Å²) >= 11 is 0. The number of hydrogen-bond acceptors (Lipinski definition) is 4. The number of nitrogens with one attached hydrogen (secondary N) is 1. The number of carbonyl (C=O) groups excluding carboxylic acids is 1. The first kappa shape index (κ1) is 27.3. The minimum atomic E-state index is -0.953. The van der Waals surface area contributed by atoms with Crippen molar-refractivity contribution in [1.82, 2.24) is 5.16 Å². The van der Waals surface area contributed by atoms with Crippen molar-refractivity contribution in [1.29, 1.82) is 0 Å². The molecule has 0 radical (unpaired) electrons. The van der Waals surface area contributed by atoms with Gasteiger partial charge in [-0.05, 0) is 56.2 Å². The summed E-state index contributed by atoms with van der Waals surface area (Å²) in [6, 6.07) is 12.5. The lowest BCUT2D eigenvalue weighted by Gasteiger charge is -2.16. The van der Waals surface area contributed by atoms with Gasteiger partial charge in [0.25, 0.3) is 5.91 Å². The second kappa shape index (κ2) is 15.1. The maximum absolute atomic E-state index is 12.4. The van der Waals surface area contributed by atoms with Crippen LogP contribution in [0.15, 0.2) is 65.3 Å². The van der Waals surface area contributed by atoms with Crippen LogP contribution in [0.4, 0.5) is 11.4 Å². The average molecular weight is 484 g/mol. The molecule has 1 aliphatic heterocycles. The molecule has 1 fully saturated rings. The van der Waals surface area contributed by atoms with E-state index in [4.69, 9.17) is 4.52 Å². The molecular formula is C27H37N3O3S. The molecule has 7 heteroatoms. The number of aromatic nitrogens is 1. The van der Waals surface area contributed by atoms with Gasteiger partial charge in [-0.1, -0.05) is 57.3 Å². The predicted octanol–water partition coefficient (Wildman–Crippen LogP) is 7.12. The molecule has 4 rings (SSSR count). The maximum atomic E-state index is 12.4. The number of benzene rings is 2. The smallest absolute Gasteiger partial charge is 0.255 e. The molecule has 184 valence electrons. The van der Waals surface area contributed by atoms with Gasteiger partial charge in [-0.2, -0.15) is 0 Å². The van der Waals surface area contributed by atoms with E-state index in [0.29, 0.717) is 22.6 Å². The first-order valence-electron chi connectivity index (χ1n) is 12.1. The molecule has 6 nitrogen and oxygen atoms in total. The van der Waals surface area contributed by atoms with Gasteiger partial charge in [-0.25, -0.2) is 4.21 Å². The molecule has 0 spiro atoms. The van der Waals surface area contributed by atoms with Crippen LogP contribution in [0.5, 0.6) is 0 Å². The summed E-state index contributed by atoms with van der Waals surface area (Å²) in [6.45, 7) is 9.37. The third-order valence-corrected chi connectivity index (χ3v) is 6.66. The van der Waals surface area contributed by atoms with Crippen molar-refractivity contribution in [3.63, 3.8) is 0 Å². The molecule has 1 aromatic heterocycles. The van der Waals surface area contributed by atoms with E-state index >= 15 is 0 Å². The van der Waals surface area contributed by atoms with E-state index in [1.54, 1.807) is 30.5 Å². The topological polar surface area (TPSA) is 75.4 Å². The highest BCUT2D eigenvalue weighted by Gasteiger charge is 2.20. The predicted molar refractivity (Wildman–Crippen MR) is 144 cm³/mol. The zero-order valence-corrected chi connectivity index (χ0v) is 21.6. The molecule has 0 bridgehead atoms. The molecule has 1 N–H and O–H groups in total. The number of unbranched alkanes of at least 4 members (excludes halogenated alkanes) is 2. The lowest BCUT2D eigenvalue weighted by molar-refractivity contribution is 0.102. The van der Waals surface area contributed by atoms with Crippen LogP contribution in [-0.2, 0) is 11.0 Å². The number of hydrogen-bond donors (Lipinski definition) is 1. The van der Waals surface area contributed by atoms with E-state index in [0.717, 1.165) is 30.5 Å². The Hall–Kier alpha value is -2.93. The Morgan fingerprint density at radius 1 is 1.15 bits per heavy atom. The molecule has 2 heterocycles. The molecule has 3 aromatic rings. The first-order chi connectivity index (χ1) is 16.5. The van der Waals surface area contributed by atoms with Crippen LogP contribution in [0.2, 0.25) is 0 Å². The lowest BCUT2D eigenvalue weighted by Crippen LogP contribution is -2.19. The van der Waals surface area contributed by atoms with E-state index in [9.17, 15) is 9.00 Å². The number of fused-ring (bicyclic) bond motifs is 1. The molecule has 1 saturated heterocycles. The van der Waals surface area contributed by atoms with Crippen molar-refractivity contribution >= 4 is 39.2 Å². The van der Waals surface area contributed by atoms with Crippen LogP contribution in [0, 0.1) is 0 Å². The molecule has 0 aliphatic carbocycles. The highest BCUT2D eigenvalue weighted by molar-refractivity contribution is 7.86. The largest absolute Gasteiger partial charge is 0.356 e. The van der Waals surface area contributed by atoms with Crippen molar-refractivity contribution in [2.24, 2.45) is 0 Å². The summed E-state index contributed by atoms with van der Waals surface area (Å²) < 4.78 is 18.8. The monoisotopic (exact) mass is 483 g/mol.